The smallest absolute Gasteiger partial charge is 0.382 e. The number of alkyl halides is 3. The molecule has 2 heterocycles. The highest BCUT2D eigenvalue weighted by atomic mass is 32.2. The predicted octanol–water partition coefficient (Wildman–Crippen LogP) is 3.64. The number of imidazole rings is 1. The van der Waals surface area contributed by atoms with E-state index < -0.39 is 21.8 Å². The topological polar surface area (TPSA) is 112 Å². The molecular weight excluding hydrogens is 459 g/mol. The normalized spacial score (nSPS) is 12.5. The van der Waals surface area contributed by atoms with Crippen LogP contribution in [0.5, 0.6) is 0 Å². The SMILES string of the molecule is CCOCc1nc2c(N)ncc(C)c2n1CCCCNS(=O)(=O)c1ccc(C(F)(F)F)cc1. The van der Waals surface area contributed by atoms with Crippen molar-refractivity contribution in [1.82, 2.24) is 19.3 Å². The van der Waals surface area contributed by atoms with Gasteiger partial charge < -0.3 is 15.0 Å². The Morgan fingerprint density at radius 2 is 1.88 bits per heavy atom. The van der Waals surface area contributed by atoms with Gasteiger partial charge in [-0.2, -0.15) is 13.2 Å². The van der Waals surface area contributed by atoms with E-state index in [1.54, 1.807) is 6.20 Å². The molecular formula is C21H26F3N5O3S. The molecule has 3 N–H and O–H groups in total. The maximum atomic E-state index is 12.7. The maximum Gasteiger partial charge on any atom is 0.416 e. The lowest BCUT2D eigenvalue weighted by Gasteiger charge is -2.12. The molecule has 3 aromatic rings. The van der Waals surface area contributed by atoms with Gasteiger partial charge in [0.15, 0.2) is 5.82 Å². The minimum Gasteiger partial charge on any atom is -0.382 e. The van der Waals surface area contributed by atoms with E-state index >= 15 is 0 Å². The van der Waals surface area contributed by atoms with Crippen LogP contribution in [0.3, 0.4) is 0 Å². The Morgan fingerprint density at radius 3 is 2.52 bits per heavy atom. The van der Waals surface area contributed by atoms with E-state index in [2.05, 4.69) is 14.7 Å². The minimum atomic E-state index is -4.52. The number of benzene rings is 1. The molecule has 1 aromatic carbocycles. The van der Waals surface area contributed by atoms with E-state index in [0.29, 0.717) is 49.8 Å². The highest BCUT2D eigenvalue weighted by Crippen LogP contribution is 2.29. The van der Waals surface area contributed by atoms with Gasteiger partial charge in [0.2, 0.25) is 10.0 Å². The van der Waals surface area contributed by atoms with Crippen LogP contribution in [0.2, 0.25) is 0 Å². The van der Waals surface area contributed by atoms with Crippen LogP contribution in [0, 0.1) is 6.92 Å². The van der Waals surface area contributed by atoms with Crippen molar-refractivity contribution in [2.45, 2.75) is 50.9 Å². The van der Waals surface area contributed by atoms with Gasteiger partial charge in [0, 0.05) is 25.9 Å². The third-order valence-corrected chi connectivity index (χ3v) is 6.56. The fraction of sp³-hybridized carbons (Fsp3) is 0.429. The van der Waals surface area contributed by atoms with Crippen LogP contribution in [0.15, 0.2) is 35.4 Å². The Bertz CT molecular complexity index is 1210. The predicted molar refractivity (Wildman–Crippen MR) is 118 cm³/mol. The van der Waals surface area contributed by atoms with Crippen molar-refractivity contribution in [1.29, 1.82) is 0 Å². The molecule has 0 fully saturated rings. The number of nitrogens with zero attached hydrogens (tertiary/aromatic N) is 3. The highest BCUT2D eigenvalue weighted by molar-refractivity contribution is 7.89. The Morgan fingerprint density at radius 1 is 1.18 bits per heavy atom. The number of fused-ring (bicyclic) bond motifs is 1. The van der Waals surface area contributed by atoms with E-state index in [-0.39, 0.29) is 11.4 Å². The summed E-state index contributed by atoms with van der Waals surface area (Å²) in [6.45, 7) is 5.34. The van der Waals surface area contributed by atoms with Gasteiger partial charge in [0.25, 0.3) is 0 Å². The first-order valence-electron chi connectivity index (χ1n) is 10.4. The number of aromatic nitrogens is 3. The van der Waals surface area contributed by atoms with Crippen LogP contribution in [-0.2, 0) is 34.1 Å². The van der Waals surface area contributed by atoms with Crippen LogP contribution in [0.4, 0.5) is 19.0 Å². The zero-order valence-electron chi connectivity index (χ0n) is 18.3. The average molecular weight is 486 g/mol. The molecule has 0 saturated carbocycles. The largest absolute Gasteiger partial charge is 0.416 e. The number of sulfonamides is 1. The second kappa shape index (κ2) is 10.1. The number of hydrogen-bond donors (Lipinski definition) is 2. The Labute approximate surface area is 190 Å². The van der Waals surface area contributed by atoms with Gasteiger partial charge in [-0.3, -0.25) is 0 Å². The molecule has 0 atom stereocenters. The third kappa shape index (κ3) is 5.81. The number of rotatable bonds is 10. The van der Waals surface area contributed by atoms with Crippen molar-refractivity contribution >= 4 is 26.9 Å². The number of unbranched alkanes of at least 4 members (excludes halogenated alkanes) is 1. The average Bonchev–Trinajstić information content (AvgIpc) is 3.13. The molecule has 12 heteroatoms. The first kappa shape index (κ1) is 24.9. The van der Waals surface area contributed by atoms with Crippen LogP contribution in [0.25, 0.3) is 11.0 Å². The fourth-order valence-electron chi connectivity index (χ4n) is 3.42. The van der Waals surface area contributed by atoms with Gasteiger partial charge in [-0.25, -0.2) is 23.1 Å². The van der Waals surface area contributed by atoms with Crippen LogP contribution >= 0.6 is 0 Å². The zero-order chi connectivity index (χ0) is 24.2. The van der Waals surface area contributed by atoms with Gasteiger partial charge in [-0.05, 0) is 56.5 Å². The van der Waals surface area contributed by atoms with Gasteiger partial charge in [0.05, 0.1) is 16.0 Å². The van der Waals surface area contributed by atoms with Crippen LogP contribution in [0.1, 0.15) is 36.7 Å². The van der Waals surface area contributed by atoms with E-state index in [1.807, 2.05) is 18.4 Å². The van der Waals surface area contributed by atoms with E-state index in [4.69, 9.17) is 10.5 Å². The van der Waals surface area contributed by atoms with Crippen molar-refractivity contribution in [3.63, 3.8) is 0 Å². The molecule has 0 aliphatic heterocycles. The Hall–Kier alpha value is -2.70. The number of pyridine rings is 1. The number of nitrogens with one attached hydrogen (secondary N) is 1. The molecule has 180 valence electrons. The van der Waals surface area contributed by atoms with Gasteiger partial charge >= 0.3 is 6.18 Å². The third-order valence-electron chi connectivity index (χ3n) is 5.09. The standard InChI is InChI=1S/C21H26F3N5O3S/c1-3-32-13-17-28-18-19(14(2)12-26-20(18)25)29(17)11-5-4-10-27-33(30,31)16-8-6-15(7-9-16)21(22,23)24/h6-9,12,27H,3-5,10-11,13H2,1-2H3,(H2,25,26). The number of nitrogens with two attached hydrogens (primary N) is 1. The number of anilines is 1. The van der Waals surface area contributed by atoms with Gasteiger partial charge in [-0.15, -0.1) is 0 Å². The lowest BCUT2D eigenvalue weighted by atomic mass is 10.2. The molecule has 3 rings (SSSR count). The van der Waals surface area contributed by atoms with E-state index in [9.17, 15) is 21.6 Å². The molecule has 33 heavy (non-hydrogen) atoms. The molecule has 0 spiro atoms. The Kier molecular flexibility index (Phi) is 7.60. The molecule has 0 unspecified atom stereocenters. The second-order valence-corrected chi connectivity index (χ2v) is 9.23. The van der Waals surface area contributed by atoms with Gasteiger partial charge in [0.1, 0.15) is 17.9 Å². The summed E-state index contributed by atoms with van der Waals surface area (Å²) < 4.78 is 72.7. The first-order chi connectivity index (χ1) is 15.5. The fourth-order valence-corrected chi connectivity index (χ4v) is 4.49. The molecule has 0 saturated heterocycles. The second-order valence-electron chi connectivity index (χ2n) is 7.47. The quantitative estimate of drug-likeness (QED) is 0.424. The Balaban J connectivity index is 1.63. The molecule has 0 radical (unpaired) electrons. The molecule has 0 amide bonds. The summed E-state index contributed by atoms with van der Waals surface area (Å²) in [5.41, 5.74) is 7.46. The molecule has 8 nitrogen and oxygen atoms in total. The van der Waals surface area contributed by atoms with Gasteiger partial charge in [-0.1, -0.05) is 0 Å². The highest BCUT2D eigenvalue weighted by Gasteiger charge is 2.30. The summed E-state index contributed by atoms with van der Waals surface area (Å²) in [7, 11) is -3.91. The summed E-state index contributed by atoms with van der Waals surface area (Å²) in [6.07, 6.45) is -1.71. The number of ether oxygens (including phenoxy) is 1. The van der Waals surface area contributed by atoms with Crippen molar-refractivity contribution in [3.8, 4) is 0 Å². The lowest BCUT2D eigenvalue weighted by Crippen LogP contribution is -2.25. The summed E-state index contributed by atoms with van der Waals surface area (Å²) >= 11 is 0. The summed E-state index contributed by atoms with van der Waals surface area (Å²) in [4.78, 5) is 8.51. The van der Waals surface area contributed by atoms with Crippen molar-refractivity contribution < 1.29 is 26.3 Å². The molecule has 0 aliphatic carbocycles. The summed E-state index contributed by atoms with van der Waals surface area (Å²) in [5, 5.41) is 0. The van der Waals surface area contributed by atoms with Crippen molar-refractivity contribution in [3.05, 3.63) is 47.4 Å². The number of nitrogen functional groups attached to an aromatic ring is 1. The van der Waals surface area contributed by atoms with E-state index in [0.717, 1.165) is 35.3 Å². The van der Waals surface area contributed by atoms with Crippen LogP contribution in [-0.4, -0.2) is 36.1 Å². The lowest BCUT2D eigenvalue weighted by molar-refractivity contribution is -0.137. The minimum absolute atomic E-state index is 0.138. The number of aryl methyl sites for hydroxylation is 2. The molecule has 0 aliphatic rings. The van der Waals surface area contributed by atoms with E-state index in [1.165, 1.54) is 0 Å². The monoisotopic (exact) mass is 485 g/mol. The molecule has 2 aromatic heterocycles. The molecule has 0 bridgehead atoms. The van der Waals surface area contributed by atoms with Crippen molar-refractivity contribution in [2.75, 3.05) is 18.9 Å². The summed E-state index contributed by atoms with van der Waals surface area (Å²) in [5.74, 6) is 1.04. The van der Waals surface area contributed by atoms with Crippen LogP contribution < -0.4 is 10.5 Å². The number of hydrogen-bond acceptors (Lipinski definition) is 6. The first-order valence-corrected chi connectivity index (χ1v) is 11.9. The van der Waals surface area contributed by atoms with Crippen molar-refractivity contribution in [2.24, 2.45) is 0 Å². The zero-order valence-corrected chi connectivity index (χ0v) is 19.1. The maximum absolute atomic E-state index is 12.7. The number of halogens is 3. The summed E-state index contributed by atoms with van der Waals surface area (Å²) in [6, 6.07) is 3.40.